The van der Waals surface area contributed by atoms with Gasteiger partial charge in [-0.1, -0.05) is 48.0 Å². The molecule has 0 spiro atoms. The van der Waals surface area contributed by atoms with Crippen LogP contribution in [0.15, 0.2) is 59.4 Å². The lowest BCUT2D eigenvalue weighted by atomic mass is 10.1. The van der Waals surface area contributed by atoms with Crippen molar-refractivity contribution in [3.8, 4) is 17.1 Å². The second-order valence-corrected chi connectivity index (χ2v) is 5.62. The van der Waals surface area contributed by atoms with Crippen LogP contribution in [0.5, 0.6) is 0 Å². The van der Waals surface area contributed by atoms with Gasteiger partial charge in [0.2, 0.25) is 0 Å². The van der Waals surface area contributed by atoms with Crippen LogP contribution in [0.2, 0.25) is 5.02 Å². The van der Waals surface area contributed by atoms with Crippen molar-refractivity contribution < 1.29 is 9.90 Å². The summed E-state index contributed by atoms with van der Waals surface area (Å²) in [5.74, 6) is -0.939. The molecule has 0 amide bonds. The summed E-state index contributed by atoms with van der Waals surface area (Å²) in [6.07, 6.45) is 0. The molecule has 0 saturated heterocycles. The Balaban J connectivity index is 2.42. The standard InChI is InChI=1S/C18H13ClN2O3/c1-11-15(18(23)24)17(22)21(14-9-5-8-13(19)10-14)16(20-11)12-6-3-2-4-7-12/h2-10H,1H3,(H,23,24). The molecule has 3 aromatic rings. The molecule has 5 nitrogen and oxygen atoms in total. The second-order valence-electron chi connectivity index (χ2n) is 5.19. The Bertz CT molecular complexity index is 981. The smallest absolute Gasteiger partial charge is 0.343 e. The molecule has 0 aliphatic heterocycles. The van der Waals surface area contributed by atoms with Crippen LogP contribution in [0.4, 0.5) is 0 Å². The normalized spacial score (nSPS) is 10.6. The zero-order valence-electron chi connectivity index (χ0n) is 12.7. The molecule has 0 radical (unpaired) electrons. The molecule has 3 rings (SSSR count). The molecular formula is C18H13ClN2O3. The van der Waals surface area contributed by atoms with Crippen LogP contribution in [-0.2, 0) is 0 Å². The summed E-state index contributed by atoms with van der Waals surface area (Å²) >= 11 is 6.03. The number of aromatic carboxylic acids is 1. The highest BCUT2D eigenvalue weighted by Crippen LogP contribution is 2.22. The minimum Gasteiger partial charge on any atom is -0.477 e. The van der Waals surface area contributed by atoms with Crippen LogP contribution >= 0.6 is 11.6 Å². The van der Waals surface area contributed by atoms with Crippen LogP contribution in [0.1, 0.15) is 16.1 Å². The summed E-state index contributed by atoms with van der Waals surface area (Å²) in [5.41, 5.74) is 0.339. The van der Waals surface area contributed by atoms with E-state index in [0.717, 1.165) is 0 Å². The highest BCUT2D eigenvalue weighted by atomic mass is 35.5. The molecule has 0 atom stereocenters. The van der Waals surface area contributed by atoms with Gasteiger partial charge in [-0.25, -0.2) is 9.78 Å². The third-order valence-electron chi connectivity index (χ3n) is 3.58. The van der Waals surface area contributed by atoms with Gasteiger partial charge in [0.25, 0.3) is 5.56 Å². The Morgan fingerprint density at radius 3 is 2.46 bits per heavy atom. The molecule has 6 heteroatoms. The zero-order valence-corrected chi connectivity index (χ0v) is 13.5. The summed E-state index contributed by atoms with van der Waals surface area (Å²) in [5, 5.41) is 9.80. The lowest BCUT2D eigenvalue weighted by Gasteiger charge is -2.15. The predicted molar refractivity (Wildman–Crippen MR) is 92.0 cm³/mol. The molecule has 0 aliphatic rings. The van der Waals surface area contributed by atoms with Crippen LogP contribution in [0, 0.1) is 6.92 Å². The first-order valence-electron chi connectivity index (χ1n) is 7.17. The van der Waals surface area contributed by atoms with E-state index in [4.69, 9.17) is 11.6 Å². The number of aryl methyl sites for hydroxylation is 1. The minimum absolute atomic E-state index is 0.171. The van der Waals surface area contributed by atoms with Gasteiger partial charge in [-0.15, -0.1) is 0 Å². The number of hydrogen-bond donors (Lipinski definition) is 1. The van der Waals surface area contributed by atoms with E-state index in [-0.39, 0.29) is 11.3 Å². The monoisotopic (exact) mass is 340 g/mol. The Morgan fingerprint density at radius 1 is 1.12 bits per heavy atom. The number of rotatable bonds is 3. The Morgan fingerprint density at radius 2 is 1.83 bits per heavy atom. The number of hydrogen-bond acceptors (Lipinski definition) is 3. The highest BCUT2D eigenvalue weighted by Gasteiger charge is 2.21. The van der Waals surface area contributed by atoms with Gasteiger partial charge in [0, 0.05) is 10.6 Å². The van der Waals surface area contributed by atoms with Crippen molar-refractivity contribution in [1.29, 1.82) is 0 Å². The summed E-state index contributed by atoms with van der Waals surface area (Å²) < 4.78 is 1.28. The fourth-order valence-electron chi connectivity index (χ4n) is 2.51. The number of nitrogens with zero attached hydrogens (tertiary/aromatic N) is 2. The van der Waals surface area contributed by atoms with Crippen molar-refractivity contribution in [2.24, 2.45) is 0 Å². The van der Waals surface area contributed by atoms with Crippen molar-refractivity contribution in [2.45, 2.75) is 6.92 Å². The molecule has 1 aromatic heterocycles. The lowest BCUT2D eigenvalue weighted by molar-refractivity contribution is 0.0693. The van der Waals surface area contributed by atoms with Crippen molar-refractivity contribution in [1.82, 2.24) is 9.55 Å². The fourth-order valence-corrected chi connectivity index (χ4v) is 2.69. The summed E-state index contributed by atoms with van der Waals surface area (Å²) in [6, 6.07) is 15.8. The van der Waals surface area contributed by atoms with E-state index in [1.807, 2.05) is 30.3 Å². The summed E-state index contributed by atoms with van der Waals surface area (Å²) in [7, 11) is 0. The third kappa shape index (κ3) is 2.81. The van der Waals surface area contributed by atoms with Gasteiger partial charge < -0.3 is 5.11 Å². The maximum atomic E-state index is 12.8. The van der Waals surface area contributed by atoms with Gasteiger partial charge in [0.15, 0.2) is 0 Å². The van der Waals surface area contributed by atoms with E-state index >= 15 is 0 Å². The molecule has 24 heavy (non-hydrogen) atoms. The van der Waals surface area contributed by atoms with Gasteiger partial charge in [0.1, 0.15) is 11.4 Å². The number of aromatic nitrogens is 2. The number of carboxylic acid groups (broad SMARTS) is 1. The largest absolute Gasteiger partial charge is 0.477 e. The number of carbonyl (C=O) groups is 1. The summed E-state index contributed by atoms with van der Waals surface area (Å²) in [4.78, 5) is 28.7. The van der Waals surface area contributed by atoms with Crippen LogP contribution in [-0.4, -0.2) is 20.6 Å². The molecule has 0 aliphatic carbocycles. The van der Waals surface area contributed by atoms with Gasteiger partial charge in [0.05, 0.1) is 11.4 Å². The topological polar surface area (TPSA) is 72.2 Å². The summed E-state index contributed by atoms with van der Waals surface area (Å²) in [6.45, 7) is 1.51. The van der Waals surface area contributed by atoms with E-state index in [1.165, 1.54) is 11.5 Å². The van der Waals surface area contributed by atoms with E-state index in [1.54, 1.807) is 24.3 Å². The first-order chi connectivity index (χ1) is 11.5. The van der Waals surface area contributed by atoms with E-state index in [0.29, 0.717) is 22.1 Å². The zero-order chi connectivity index (χ0) is 17.3. The lowest BCUT2D eigenvalue weighted by Crippen LogP contribution is -2.29. The van der Waals surface area contributed by atoms with Gasteiger partial charge in [-0.05, 0) is 25.1 Å². The number of benzene rings is 2. The molecule has 120 valence electrons. The molecule has 0 unspecified atom stereocenters. The minimum atomic E-state index is -1.31. The molecule has 0 saturated carbocycles. The number of halogens is 1. The number of carboxylic acids is 1. The molecule has 1 heterocycles. The Hall–Kier alpha value is -2.92. The molecule has 1 N–H and O–H groups in total. The Kier molecular flexibility index (Phi) is 4.18. The van der Waals surface area contributed by atoms with E-state index < -0.39 is 11.5 Å². The van der Waals surface area contributed by atoms with E-state index in [9.17, 15) is 14.7 Å². The third-order valence-corrected chi connectivity index (χ3v) is 3.81. The fraction of sp³-hybridized carbons (Fsp3) is 0.0556. The van der Waals surface area contributed by atoms with Crippen LogP contribution in [0.25, 0.3) is 17.1 Å². The molecule has 0 fully saturated rings. The van der Waals surface area contributed by atoms with Gasteiger partial charge >= 0.3 is 5.97 Å². The quantitative estimate of drug-likeness (QED) is 0.791. The molecule has 2 aromatic carbocycles. The predicted octanol–water partition coefficient (Wildman–Crippen LogP) is 3.56. The first-order valence-corrected chi connectivity index (χ1v) is 7.55. The molecule has 0 bridgehead atoms. The second kappa shape index (κ2) is 6.29. The maximum Gasteiger partial charge on any atom is 0.343 e. The highest BCUT2D eigenvalue weighted by molar-refractivity contribution is 6.30. The van der Waals surface area contributed by atoms with E-state index in [2.05, 4.69) is 4.98 Å². The Labute approximate surface area is 142 Å². The first kappa shape index (κ1) is 16.0. The SMILES string of the molecule is Cc1nc(-c2ccccc2)n(-c2cccc(Cl)c2)c(=O)c1C(=O)O. The van der Waals surface area contributed by atoms with Gasteiger partial charge in [-0.3, -0.25) is 9.36 Å². The van der Waals surface area contributed by atoms with Crippen molar-refractivity contribution in [3.63, 3.8) is 0 Å². The van der Waals surface area contributed by atoms with Crippen molar-refractivity contribution in [3.05, 3.63) is 81.2 Å². The molecular weight excluding hydrogens is 328 g/mol. The maximum absolute atomic E-state index is 12.8. The van der Waals surface area contributed by atoms with Crippen LogP contribution in [0.3, 0.4) is 0 Å². The van der Waals surface area contributed by atoms with Crippen LogP contribution < -0.4 is 5.56 Å². The van der Waals surface area contributed by atoms with Crippen molar-refractivity contribution in [2.75, 3.05) is 0 Å². The average Bonchev–Trinajstić information content (AvgIpc) is 2.54. The average molecular weight is 341 g/mol. The van der Waals surface area contributed by atoms with Gasteiger partial charge in [-0.2, -0.15) is 0 Å². The van der Waals surface area contributed by atoms with Crippen molar-refractivity contribution >= 4 is 17.6 Å².